The van der Waals surface area contributed by atoms with Crippen LogP contribution in [0.3, 0.4) is 0 Å². The van der Waals surface area contributed by atoms with Crippen molar-refractivity contribution in [3.63, 3.8) is 0 Å². The first-order chi connectivity index (χ1) is 17.8. The largest absolute Gasteiger partial charge is 0.508 e. The van der Waals surface area contributed by atoms with Gasteiger partial charge in [-0.3, -0.25) is 0 Å². The molecule has 5 rings (SSSR count). The molecule has 2 N–H and O–H groups in total. The van der Waals surface area contributed by atoms with Crippen LogP contribution in [-0.4, -0.2) is 55.7 Å². The van der Waals surface area contributed by atoms with Gasteiger partial charge in [-0.2, -0.15) is 5.10 Å². The Labute approximate surface area is 223 Å². The topological polar surface area (TPSA) is 99.7 Å². The van der Waals surface area contributed by atoms with Crippen molar-refractivity contribution in [3.05, 3.63) is 93.2 Å². The van der Waals surface area contributed by atoms with Gasteiger partial charge in [0, 0.05) is 36.3 Å². The number of halogens is 1. The molecule has 0 spiro atoms. The molecule has 10 heteroatoms. The second kappa shape index (κ2) is 10.4. The van der Waals surface area contributed by atoms with E-state index in [0.717, 1.165) is 42.2 Å². The number of benzene rings is 2. The first-order valence-corrected chi connectivity index (χ1v) is 13.0. The van der Waals surface area contributed by atoms with Crippen LogP contribution in [0, 0.1) is 6.92 Å². The van der Waals surface area contributed by atoms with Crippen molar-refractivity contribution in [1.29, 1.82) is 0 Å². The lowest BCUT2D eigenvalue weighted by atomic mass is 10.0. The van der Waals surface area contributed by atoms with E-state index >= 15 is 0 Å². The van der Waals surface area contributed by atoms with Crippen LogP contribution in [0.4, 0.5) is 11.5 Å². The molecule has 0 saturated carbocycles. The molecule has 1 fully saturated rings. The molecule has 2 atom stereocenters. The van der Waals surface area contributed by atoms with E-state index in [1.807, 2.05) is 48.5 Å². The summed E-state index contributed by atoms with van der Waals surface area (Å²) in [4.78, 5) is 22.4. The van der Waals surface area contributed by atoms with E-state index in [2.05, 4.69) is 35.8 Å². The molecular weight excluding hydrogens is 536 g/mol. The van der Waals surface area contributed by atoms with Crippen molar-refractivity contribution in [2.45, 2.75) is 26.0 Å². The monoisotopic (exact) mass is 564 g/mol. The molecule has 2 aromatic carbocycles. The molecule has 9 nitrogen and oxygen atoms in total. The summed E-state index contributed by atoms with van der Waals surface area (Å²) < 4.78 is 3.77. The van der Waals surface area contributed by atoms with Gasteiger partial charge in [-0.05, 0) is 67.9 Å². The Morgan fingerprint density at radius 2 is 1.51 bits per heavy atom. The minimum Gasteiger partial charge on any atom is -0.508 e. The molecule has 1 saturated heterocycles. The van der Waals surface area contributed by atoms with Crippen molar-refractivity contribution in [2.75, 3.05) is 36.0 Å². The van der Waals surface area contributed by atoms with Crippen LogP contribution in [-0.2, 0) is 0 Å². The third-order valence-electron chi connectivity index (χ3n) is 6.83. The van der Waals surface area contributed by atoms with Crippen LogP contribution < -0.4 is 15.5 Å². The fraction of sp³-hybridized carbons (Fsp3) is 0.296. The normalized spacial score (nSPS) is 15.6. The highest BCUT2D eigenvalue weighted by Gasteiger charge is 2.24. The molecular formula is C27H29BrN6O3. The van der Waals surface area contributed by atoms with Crippen molar-refractivity contribution < 1.29 is 10.2 Å². The lowest BCUT2D eigenvalue weighted by Gasteiger charge is -2.36. The number of aliphatic hydroxyl groups is 1. The number of piperazine rings is 1. The summed E-state index contributed by atoms with van der Waals surface area (Å²) >= 11 is 3.40. The van der Waals surface area contributed by atoms with Gasteiger partial charge in [0.25, 0.3) is 0 Å². The van der Waals surface area contributed by atoms with Gasteiger partial charge in [0.2, 0.25) is 0 Å². The number of aromatic hydroxyl groups is 1. The van der Waals surface area contributed by atoms with Crippen LogP contribution in [0.25, 0.3) is 5.69 Å². The maximum absolute atomic E-state index is 13.3. The predicted molar refractivity (Wildman–Crippen MR) is 147 cm³/mol. The van der Waals surface area contributed by atoms with Gasteiger partial charge in [0.15, 0.2) is 0 Å². The second-order valence-corrected chi connectivity index (χ2v) is 10.1. The van der Waals surface area contributed by atoms with Gasteiger partial charge >= 0.3 is 5.69 Å². The lowest BCUT2D eigenvalue weighted by Crippen LogP contribution is -2.46. The summed E-state index contributed by atoms with van der Waals surface area (Å²) in [5.41, 5.74) is 2.11. The Bertz CT molecular complexity index is 1410. The van der Waals surface area contributed by atoms with Gasteiger partial charge in [-0.15, -0.1) is 0 Å². The average Bonchev–Trinajstić information content (AvgIpc) is 3.22. The molecule has 3 heterocycles. The summed E-state index contributed by atoms with van der Waals surface area (Å²) in [6.07, 6.45) is 0.812. The Hall–Kier alpha value is -3.63. The number of aryl methyl sites for hydroxylation is 1. The highest BCUT2D eigenvalue weighted by atomic mass is 79.9. The minimum atomic E-state index is -0.880. The first-order valence-electron chi connectivity index (χ1n) is 12.2. The highest BCUT2D eigenvalue weighted by molar-refractivity contribution is 9.10. The number of rotatable bonds is 6. The number of hydrogen-bond donors (Lipinski definition) is 2. The summed E-state index contributed by atoms with van der Waals surface area (Å²) in [6.45, 7) is 6.87. The zero-order valence-electron chi connectivity index (χ0n) is 20.7. The molecule has 0 amide bonds. The van der Waals surface area contributed by atoms with E-state index in [9.17, 15) is 15.0 Å². The lowest BCUT2D eigenvalue weighted by molar-refractivity contribution is 0.113. The number of phenols is 1. The zero-order chi connectivity index (χ0) is 26.1. The molecule has 1 aliphatic rings. The molecule has 1 aliphatic heterocycles. The van der Waals surface area contributed by atoms with E-state index in [0.29, 0.717) is 17.1 Å². The Kier molecular flexibility index (Phi) is 7.03. The van der Waals surface area contributed by atoms with Crippen molar-refractivity contribution in [3.8, 4) is 11.4 Å². The Morgan fingerprint density at radius 1 is 0.892 bits per heavy atom. The van der Waals surface area contributed by atoms with Gasteiger partial charge < -0.3 is 20.0 Å². The number of nitrogens with zero attached hydrogens (tertiary/aromatic N) is 6. The fourth-order valence-corrected chi connectivity index (χ4v) is 4.94. The van der Waals surface area contributed by atoms with Crippen molar-refractivity contribution in [2.24, 2.45) is 0 Å². The number of hydrogen-bond acceptors (Lipinski definition) is 7. The molecule has 4 aromatic rings. The smallest absolute Gasteiger partial charge is 0.350 e. The number of aromatic nitrogens is 4. The summed E-state index contributed by atoms with van der Waals surface area (Å²) in [7, 11) is 0. The maximum Gasteiger partial charge on any atom is 0.350 e. The molecule has 0 radical (unpaired) electrons. The standard InChI is InChI=1S/C27H29BrN6O3/c1-18(26(36)20-3-5-21(28)6-4-20)34-27(37)33(19(2)30-34)23-9-12-25(29-17-23)32-15-13-31(14-16-32)22-7-10-24(35)11-8-22/h3-12,17-18,26,35-36H,13-16H2,1-2H3. The van der Waals surface area contributed by atoms with E-state index < -0.39 is 12.1 Å². The third-order valence-corrected chi connectivity index (χ3v) is 7.36. The number of phenolic OH excluding ortho intramolecular Hbond substituents is 1. The molecule has 0 bridgehead atoms. The molecule has 192 valence electrons. The van der Waals surface area contributed by atoms with Gasteiger partial charge in [-0.1, -0.05) is 28.1 Å². The molecule has 37 heavy (non-hydrogen) atoms. The van der Waals surface area contributed by atoms with E-state index in [1.165, 1.54) is 9.25 Å². The first kappa shape index (κ1) is 25.0. The third kappa shape index (κ3) is 5.12. The summed E-state index contributed by atoms with van der Waals surface area (Å²) in [5.74, 6) is 1.64. The van der Waals surface area contributed by atoms with Crippen LogP contribution in [0.15, 0.2) is 76.1 Å². The van der Waals surface area contributed by atoms with Crippen molar-refractivity contribution in [1.82, 2.24) is 19.3 Å². The van der Waals surface area contributed by atoms with Crippen LogP contribution in [0.1, 0.15) is 30.5 Å². The Morgan fingerprint density at radius 3 is 2.14 bits per heavy atom. The fourth-order valence-electron chi connectivity index (χ4n) is 4.67. The van der Waals surface area contributed by atoms with Gasteiger partial charge in [-0.25, -0.2) is 19.0 Å². The summed E-state index contributed by atoms with van der Waals surface area (Å²) in [6, 6.07) is 17.9. The zero-order valence-corrected chi connectivity index (χ0v) is 22.3. The minimum absolute atomic E-state index is 0.266. The van der Waals surface area contributed by atoms with Gasteiger partial charge in [0.05, 0.1) is 17.9 Å². The van der Waals surface area contributed by atoms with Crippen LogP contribution in [0.5, 0.6) is 5.75 Å². The number of pyridine rings is 1. The van der Waals surface area contributed by atoms with Crippen LogP contribution in [0.2, 0.25) is 0 Å². The molecule has 2 aromatic heterocycles. The predicted octanol–water partition coefficient (Wildman–Crippen LogP) is 3.83. The van der Waals surface area contributed by atoms with Crippen LogP contribution >= 0.6 is 15.9 Å². The SMILES string of the molecule is Cc1nn(C(C)C(O)c2ccc(Br)cc2)c(=O)n1-c1ccc(N2CCN(c3ccc(O)cc3)CC2)nc1. The van der Waals surface area contributed by atoms with E-state index in [1.54, 1.807) is 32.2 Å². The number of anilines is 2. The van der Waals surface area contributed by atoms with E-state index in [-0.39, 0.29) is 11.4 Å². The summed E-state index contributed by atoms with van der Waals surface area (Å²) in [5, 5.41) is 24.8. The quantitative estimate of drug-likeness (QED) is 0.367. The molecule has 2 unspecified atom stereocenters. The highest BCUT2D eigenvalue weighted by Crippen LogP contribution is 2.26. The van der Waals surface area contributed by atoms with Crippen molar-refractivity contribution >= 4 is 27.4 Å². The average molecular weight is 565 g/mol. The maximum atomic E-state index is 13.3. The Balaban J connectivity index is 1.29. The van der Waals surface area contributed by atoms with E-state index in [4.69, 9.17) is 0 Å². The van der Waals surface area contributed by atoms with Gasteiger partial charge in [0.1, 0.15) is 23.5 Å². The number of aliphatic hydroxyl groups excluding tert-OH is 1. The second-order valence-electron chi connectivity index (χ2n) is 9.21. The molecule has 0 aliphatic carbocycles.